The summed E-state index contributed by atoms with van der Waals surface area (Å²) in [6.07, 6.45) is 6.96. The number of anilines is 1. The van der Waals surface area contributed by atoms with Crippen LogP contribution in [0.4, 0.5) is 5.82 Å². The van der Waals surface area contributed by atoms with Crippen molar-refractivity contribution in [3.05, 3.63) is 48.2 Å². The number of hydrogen-bond donors (Lipinski definition) is 1. The maximum absolute atomic E-state index is 4.25. The van der Waals surface area contributed by atoms with Crippen molar-refractivity contribution in [1.29, 1.82) is 0 Å². The van der Waals surface area contributed by atoms with Crippen LogP contribution >= 0.6 is 0 Å². The molecule has 16 heavy (non-hydrogen) atoms. The highest BCUT2D eigenvalue weighted by Gasteiger charge is 2.07. The molecule has 2 aromatic rings. The van der Waals surface area contributed by atoms with Crippen LogP contribution in [0.2, 0.25) is 0 Å². The Hall–Kier alpha value is -1.97. The molecule has 0 saturated heterocycles. The number of aromatic nitrogens is 3. The van der Waals surface area contributed by atoms with Gasteiger partial charge in [-0.1, -0.05) is 0 Å². The summed E-state index contributed by atoms with van der Waals surface area (Å²) in [5.74, 6) is 0.826. The summed E-state index contributed by atoms with van der Waals surface area (Å²) in [5.41, 5.74) is 2.09. The van der Waals surface area contributed by atoms with Gasteiger partial charge < -0.3 is 5.32 Å². The lowest BCUT2D eigenvalue weighted by atomic mass is 10.1. The Morgan fingerprint density at radius 2 is 1.75 bits per heavy atom. The van der Waals surface area contributed by atoms with Crippen molar-refractivity contribution >= 4 is 5.82 Å². The number of hydrogen-bond acceptors (Lipinski definition) is 4. The average Bonchev–Trinajstić information content (AvgIpc) is 2.33. The molecule has 82 valence electrons. The van der Waals surface area contributed by atoms with E-state index in [2.05, 4.69) is 27.2 Å². The molecule has 1 unspecified atom stereocenters. The van der Waals surface area contributed by atoms with Gasteiger partial charge in [0, 0.05) is 24.8 Å². The lowest BCUT2D eigenvalue weighted by Gasteiger charge is -2.15. The van der Waals surface area contributed by atoms with Crippen LogP contribution in [-0.2, 0) is 0 Å². The van der Waals surface area contributed by atoms with Crippen molar-refractivity contribution in [2.24, 2.45) is 0 Å². The van der Waals surface area contributed by atoms with Gasteiger partial charge in [0.1, 0.15) is 5.82 Å². The molecule has 1 atom stereocenters. The predicted molar refractivity (Wildman–Crippen MR) is 63.0 cm³/mol. The normalized spacial score (nSPS) is 12.1. The minimum Gasteiger partial charge on any atom is -0.362 e. The molecule has 1 N–H and O–H groups in total. The lowest BCUT2D eigenvalue weighted by Crippen LogP contribution is -2.09. The van der Waals surface area contributed by atoms with Crippen molar-refractivity contribution in [3.63, 3.8) is 0 Å². The maximum Gasteiger partial charge on any atom is 0.147 e. The Morgan fingerprint density at radius 1 is 1.06 bits per heavy atom. The van der Waals surface area contributed by atoms with Crippen LogP contribution in [0.25, 0.3) is 0 Å². The molecule has 0 aromatic carbocycles. The Kier molecular flexibility index (Phi) is 3.10. The summed E-state index contributed by atoms with van der Waals surface area (Å²) in [6, 6.07) is 4.17. The molecule has 4 nitrogen and oxygen atoms in total. The molecule has 2 heterocycles. The van der Waals surface area contributed by atoms with Gasteiger partial charge in [0.25, 0.3) is 0 Å². The standard InChI is InChI=1S/C12H14N4/c1-9(11-3-5-13-6-4-11)16-12-10(2)14-7-8-15-12/h3-9H,1-2H3,(H,15,16). The maximum atomic E-state index is 4.25. The number of nitrogens with one attached hydrogen (secondary N) is 1. The van der Waals surface area contributed by atoms with Gasteiger partial charge in [0.15, 0.2) is 0 Å². The molecular weight excluding hydrogens is 200 g/mol. The molecule has 0 bridgehead atoms. The van der Waals surface area contributed by atoms with Gasteiger partial charge in [-0.25, -0.2) is 4.98 Å². The highest BCUT2D eigenvalue weighted by atomic mass is 15.0. The first-order chi connectivity index (χ1) is 7.77. The van der Waals surface area contributed by atoms with Crippen molar-refractivity contribution < 1.29 is 0 Å². The molecule has 0 aliphatic rings. The van der Waals surface area contributed by atoms with Crippen LogP contribution in [0.1, 0.15) is 24.2 Å². The molecule has 0 aliphatic heterocycles. The fourth-order valence-corrected chi connectivity index (χ4v) is 1.49. The summed E-state index contributed by atoms with van der Waals surface area (Å²) < 4.78 is 0. The molecule has 2 aromatic heterocycles. The zero-order valence-electron chi connectivity index (χ0n) is 9.38. The highest BCUT2D eigenvalue weighted by Crippen LogP contribution is 2.17. The first kappa shape index (κ1) is 10.5. The van der Waals surface area contributed by atoms with Crippen LogP contribution < -0.4 is 5.32 Å². The Labute approximate surface area is 94.8 Å². The molecule has 0 spiro atoms. The average molecular weight is 214 g/mol. The van der Waals surface area contributed by atoms with Crippen molar-refractivity contribution in [1.82, 2.24) is 15.0 Å². The van der Waals surface area contributed by atoms with E-state index >= 15 is 0 Å². The van der Waals surface area contributed by atoms with Crippen LogP contribution in [-0.4, -0.2) is 15.0 Å². The number of rotatable bonds is 3. The summed E-state index contributed by atoms with van der Waals surface area (Å²) in [7, 11) is 0. The zero-order chi connectivity index (χ0) is 11.4. The van der Waals surface area contributed by atoms with Gasteiger partial charge in [-0.15, -0.1) is 0 Å². The Morgan fingerprint density at radius 3 is 2.44 bits per heavy atom. The van der Waals surface area contributed by atoms with Crippen LogP contribution in [0.3, 0.4) is 0 Å². The smallest absolute Gasteiger partial charge is 0.147 e. The van der Waals surface area contributed by atoms with E-state index in [4.69, 9.17) is 0 Å². The second-order valence-corrected chi connectivity index (χ2v) is 3.64. The van der Waals surface area contributed by atoms with Crippen LogP contribution in [0.5, 0.6) is 0 Å². The summed E-state index contributed by atoms with van der Waals surface area (Å²) in [4.78, 5) is 12.4. The topological polar surface area (TPSA) is 50.7 Å². The molecule has 0 amide bonds. The molecule has 4 heteroatoms. The minimum atomic E-state index is 0.193. The second-order valence-electron chi connectivity index (χ2n) is 3.64. The van der Waals surface area contributed by atoms with E-state index in [0.29, 0.717) is 0 Å². The molecule has 0 aliphatic carbocycles. The second kappa shape index (κ2) is 4.70. The van der Waals surface area contributed by atoms with E-state index in [9.17, 15) is 0 Å². The molecular formula is C12H14N4. The minimum absolute atomic E-state index is 0.193. The largest absolute Gasteiger partial charge is 0.362 e. The van der Waals surface area contributed by atoms with Crippen LogP contribution in [0, 0.1) is 6.92 Å². The monoisotopic (exact) mass is 214 g/mol. The zero-order valence-corrected chi connectivity index (χ0v) is 9.38. The quantitative estimate of drug-likeness (QED) is 0.852. The fourth-order valence-electron chi connectivity index (χ4n) is 1.49. The summed E-state index contributed by atoms with van der Waals surface area (Å²) >= 11 is 0. The fraction of sp³-hybridized carbons (Fsp3) is 0.250. The third-order valence-corrected chi connectivity index (χ3v) is 2.44. The third-order valence-electron chi connectivity index (χ3n) is 2.44. The number of pyridine rings is 1. The van der Waals surface area contributed by atoms with Gasteiger partial charge >= 0.3 is 0 Å². The van der Waals surface area contributed by atoms with Crippen molar-refractivity contribution in [3.8, 4) is 0 Å². The van der Waals surface area contributed by atoms with Gasteiger partial charge in [-0.2, -0.15) is 0 Å². The van der Waals surface area contributed by atoms with Gasteiger partial charge in [0.05, 0.1) is 11.7 Å². The molecule has 0 fully saturated rings. The van der Waals surface area contributed by atoms with E-state index in [1.165, 1.54) is 5.56 Å². The van der Waals surface area contributed by atoms with E-state index in [1.54, 1.807) is 24.8 Å². The van der Waals surface area contributed by atoms with Crippen molar-refractivity contribution in [2.45, 2.75) is 19.9 Å². The van der Waals surface area contributed by atoms with Crippen LogP contribution in [0.15, 0.2) is 36.9 Å². The Bertz CT molecular complexity index is 456. The SMILES string of the molecule is Cc1nccnc1NC(C)c1ccncc1. The van der Waals surface area contributed by atoms with E-state index in [-0.39, 0.29) is 6.04 Å². The van der Waals surface area contributed by atoms with Crippen molar-refractivity contribution in [2.75, 3.05) is 5.32 Å². The van der Waals surface area contributed by atoms with E-state index in [0.717, 1.165) is 11.5 Å². The molecule has 0 radical (unpaired) electrons. The van der Waals surface area contributed by atoms with E-state index < -0.39 is 0 Å². The highest BCUT2D eigenvalue weighted by molar-refractivity contribution is 5.41. The predicted octanol–water partition coefficient (Wildman–Crippen LogP) is 2.35. The lowest BCUT2D eigenvalue weighted by molar-refractivity contribution is 0.862. The summed E-state index contributed by atoms with van der Waals surface area (Å²) in [5, 5.41) is 3.33. The van der Waals surface area contributed by atoms with Gasteiger partial charge in [-0.3, -0.25) is 9.97 Å². The first-order valence-electron chi connectivity index (χ1n) is 5.21. The molecule has 2 rings (SSSR count). The van der Waals surface area contributed by atoms with E-state index in [1.807, 2.05) is 19.1 Å². The number of aryl methyl sites for hydroxylation is 1. The molecule has 0 saturated carbocycles. The number of nitrogens with zero attached hydrogens (tertiary/aromatic N) is 3. The van der Waals surface area contributed by atoms with Gasteiger partial charge in [-0.05, 0) is 31.5 Å². The first-order valence-corrected chi connectivity index (χ1v) is 5.21. The third kappa shape index (κ3) is 2.34. The van der Waals surface area contributed by atoms with Gasteiger partial charge in [0.2, 0.25) is 0 Å². The summed E-state index contributed by atoms with van der Waals surface area (Å²) in [6.45, 7) is 4.03. The Balaban J connectivity index is 2.14.